The van der Waals surface area contributed by atoms with Crippen LogP contribution >= 0.6 is 0 Å². The summed E-state index contributed by atoms with van der Waals surface area (Å²) in [6, 6.07) is 1.55. The lowest BCUT2D eigenvalue weighted by Crippen LogP contribution is -2.29. The number of aromatic amines is 1. The van der Waals surface area contributed by atoms with Crippen molar-refractivity contribution in [1.29, 1.82) is 0 Å². The number of hydrogen-bond acceptors (Lipinski definition) is 4. The van der Waals surface area contributed by atoms with Crippen LogP contribution in [0.1, 0.15) is 26.2 Å². The minimum Gasteiger partial charge on any atom is -0.390 e. The second-order valence-corrected chi connectivity index (χ2v) is 4.64. The Kier molecular flexibility index (Phi) is 2.96. The third kappa shape index (κ3) is 2.61. The van der Waals surface area contributed by atoms with Gasteiger partial charge in [0.1, 0.15) is 0 Å². The fraction of sp³-hybridized carbons (Fsp3) is 0.636. The van der Waals surface area contributed by atoms with E-state index in [1.165, 1.54) is 0 Å². The van der Waals surface area contributed by atoms with Crippen molar-refractivity contribution in [3.8, 4) is 0 Å². The zero-order valence-corrected chi connectivity index (χ0v) is 9.44. The van der Waals surface area contributed by atoms with Gasteiger partial charge in [-0.1, -0.05) is 0 Å². The number of H-pyrrole nitrogens is 1. The lowest BCUT2D eigenvalue weighted by molar-refractivity contribution is 0.0481. The molecule has 2 N–H and O–H groups in total. The Balaban J connectivity index is 2.14. The van der Waals surface area contributed by atoms with E-state index in [0.717, 1.165) is 38.0 Å². The molecule has 1 atom stereocenters. The number of nitrogens with zero attached hydrogens (tertiary/aromatic N) is 2. The van der Waals surface area contributed by atoms with E-state index in [-0.39, 0.29) is 5.56 Å². The predicted octanol–water partition coefficient (Wildman–Crippen LogP) is 0.511. The molecule has 16 heavy (non-hydrogen) atoms. The number of nitrogens with one attached hydrogen (secondary N) is 1. The lowest BCUT2D eigenvalue weighted by atomic mass is 9.98. The normalized spacial score (nSPS) is 26.5. The van der Waals surface area contributed by atoms with Crippen LogP contribution in [0, 0.1) is 0 Å². The molecule has 1 aliphatic heterocycles. The van der Waals surface area contributed by atoms with Gasteiger partial charge < -0.3 is 10.0 Å². The number of anilines is 1. The van der Waals surface area contributed by atoms with Gasteiger partial charge in [-0.3, -0.25) is 4.79 Å². The molecule has 0 radical (unpaired) electrons. The highest BCUT2D eigenvalue weighted by Crippen LogP contribution is 2.23. The van der Waals surface area contributed by atoms with Crippen molar-refractivity contribution in [3.63, 3.8) is 0 Å². The summed E-state index contributed by atoms with van der Waals surface area (Å²) in [7, 11) is 0. The van der Waals surface area contributed by atoms with Crippen LogP contribution in [0.5, 0.6) is 0 Å². The summed E-state index contributed by atoms with van der Waals surface area (Å²) < 4.78 is 0. The molecule has 1 aromatic rings. The Bertz CT molecular complexity index is 414. The molecule has 0 aromatic carbocycles. The van der Waals surface area contributed by atoms with E-state index in [2.05, 4.69) is 15.1 Å². The molecule has 0 spiro atoms. The van der Waals surface area contributed by atoms with Gasteiger partial charge in [0.2, 0.25) is 0 Å². The van der Waals surface area contributed by atoms with Crippen LogP contribution < -0.4 is 10.5 Å². The molecule has 2 rings (SSSR count). The summed E-state index contributed by atoms with van der Waals surface area (Å²) in [6.07, 6.45) is 4.11. The van der Waals surface area contributed by atoms with E-state index in [0.29, 0.717) is 0 Å². The Morgan fingerprint density at radius 2 is 2.31 bits per heavy atom. The van der Waals surface area contributed by atoms with Crippen molar-refractivity contribution in [2.24, 2.45) is 0 Å². The van der Waals surface area contributed by atoms with Crippen LogP contribution in [0.3, 0.4) is 0 Å². The molecule has 0 saturated carbocycles. The van der Waals surface area contributed by atoms with Gasteiger partial charge in [-0.05, 0) is 26.2 Å². The van der Waals surface area contributed by atoms with Crippen molar-refractivity contribution < 1.29 is 5.11 Å². The maximum absolute atomic E-state index is 11.2. The van der Waals surface area contributed by atoms with Gasteiger partial charge in [0, 0.05) is 19.2 Å². The number of aromatic nitrogens is 2. The van der Waals surface area contributed by atoms with Crippen molar-refractivity contribution >= 4 is 5.69 Å². The first-order chi connectivity index (χ1) is 7.57. The molecule has 1 saturated heterocycles. The molecule has 1 unspecified atom stereocenters. The smallest absolute Gasteiger partial charge is 0.266 e. The molecule has 0 bridgehead atoms. The quantitative estimate of drug-likeness (QED) is 0.728. The number of rotatable bonds is 1. The monoisotopic (exact) mass is 223 g/mol. The summed E-state index contributed by atoms with van der Waals surface area (Å²) in [5.74, 6) is 0. The molecule has 2 heterocycles. The molecule has 0 aliphatic carbocycles. The molecule has 5 heteroatoms. The van der Waals surface area contributed by atoms with Crippen molar-refractivity contribution in [3.05, 3.63) is 22.6 Å². The first kappa shape index (κ1) is 11.1. The fourth-order valence-corrected chi connectivity index (χ4v) is 2.06. The van der Waals surface area contributed by atoms with E-state index in [4.69, 9.17) is 0 Å². The van der Waals surface area contributed by atoms with Crippen LogP contribution in [0.2, 0.25) is 0 Å². The second kappa shape index (κ2) is 4.25. The molecular formula is C11H17N3O2. The SMILES string of the molecule is CC1(O)CCCN(c2cn[nH]c(=O)c2)CC1. The van der Waals surface area contributed by atoms with Crippen molar-refractivity contribution in [2.75, 3.05) is 18.0 Å². The van der Waals surface area contributed by atoms with Gasteiger partial charge in [0.05, 0.1) is 17.5 Å². The molecule has 5 nitrogen and oxygen atoms in total. The van der Waals surface area contributed by atoms with Crippen LogP contribution in [0.15, 0.2) is 17.1 Å². The minimum atomic E-state index is -0.580. The van der Waals surface area contributed by atoms with Crippen LogP contribution in [0.4, 0.5) is 5.69 Å². The highest BCUT2D eigenvalue weighted by molar-refractivity contribution is 5.42. The molecular weight excluding hydrogens is 206 g/mol. The third-order valence-corrected chi connectivity index (χ3v) is 3.08. The van der Waals surface area contributed by atoms with Gasteiger partial charge in [0.25, 0.3) is 5.56 Å². The number of hydrogen-bond donors (Lipinski definition) is 2. The van der Waals surface area contributed by atoms with Crippen LogP contribution in [-0.2, 0) is 0 Å². The standard InChI is InChI=1S/C11H17N3O2/c1-11(16)3-2-5-14(6-4-11)9-7-10(15)13-12-8-9/h7-8,16H,2-6H2,1H3,(H,13,15). The topological polar surface area (TPSA) is 69.2 Å². The molecule has 0 amide bonds. The van der Waals surface area contributed by atoms with E-state index in [1.807, 2.05) is 6.92 Å². The second-order valence-electron chi connectivity index (χ2n) is 4.64. The highest BCUT2D eigenvalue weighted by Gasteiger charge is 2.25. The summed E-state index contributed by atoms with van der Waals surface area (Å²) >= 11 is 0. The first-order valence-electron chi connectivity index (χ1n) is 5.59. The van der Waals surface area contributed by atoms with Crippen LogP contribution in [0.25, 0.3) is 0 Å². The fourth-order valence-electron chi connectivity index (χ4n) is 2.06. The van der Waals surface area contributed by atoms with E-state index in [1.54, 1.807) is 12.3 Å². The largest absolute Gasteiger partial charge is 0.390 e. The lowest BCUT2D eigenvalue weighted by Gasteiger charge is -2.23. The predicted molar refractivity (Wildman–Crippen MR) is 61.5 cm³/mol. The van der Waals surface area contributed by atoms with Gasteiger partial charge in [-0.25, -0.2) is 5.10 Å². The zero-order valence-electron chi connectivity index (χ0n) is 9.44. The first-order valence-corrected chi connectivity index (χ1v) is 5.59. The molecule has 1 fully saturated rings. The third-order valence-electron chi connectivity index (χ3n) is 3.08. The van der Waals surface area contributed by atoms with E-state index >= 15 is 0 Å². The summed E-state index contributed by atoms with van der Waals surface area (Å²) in [6.45, 7) is 3.49. The number of aliphatic hydroxyl groups is 1. The van der Waals surface area contributed by atoms with Gasteiger partial charge >= 0.3 is 0 Å². The highest BCUT2D eigenvalue weighted by atomic mass is 16.3. The molecule has 1 aliphatic rings. The average molecular weight is 223 g/mol. The van der Waals surface area contributed by atoms with Gasteiger partial charge in [-0.15, -0.1) is 0 Å². The molecule has 1 aromatic heterocycles. The summed E-state index contributed by atoms with van der Waals surface area (Å²) in [5.41, 5.74) is 0.0681. The van der Waals surface area contributed by atoms with E-state index < -0.39 is 5.60 Å². The maximum Gasteiger partial charge on any atom is 0.266 e. The van der Waals surface area contributed by atoms with Gasteiger partial charge in [0.15, 0.2) is 0 Å². The molecule has 88 valence electrons. The van der Waals surface area contributed by atoms with Gasteiger partial charge in [-0.2, -0.15) is 5.10 Å². The van der Waals surface area contributed by atoms with Crippen molar-refractivity contribution in [2.45, 2.75) is 31.8 Å². The van der Waals surface area contributed by atoms with Crippen LogP contribution in [-0.4, -0.2) is 34.0 Å². The Morgan fingerprint density at radius 1 is 1.50 bits per heavy atom. The maximum atomic E-state index is 11.2. The summed E-state index contributed by atoms with van der Waals surface area (Å²) in [4.78, 5) is 13.3. The zero-order chi connectivity index (χ0) is 11.6. The minimum absolute atomic E-state index is 0.187. The average Bonchev–Trinajstić information content (AvgIpc) is 2.39. The van der Waals surface area contributed by atoms with Crippen molar-refractivity contribution in [1.82, 2.24) is 10.2 Å². The Morgan fingerprint density at radius 3 is 3.06 bits per heavy atom. The Labute approximate surface area is 94.1 Å². The summed E-state index contributed by atoms with van der Waals surface area (Å²) in [5, 5.41) is 16.1. The van der Waals surface area contributed by atoms with E-state index in [9.17, 15) is 9.90 Å². The Hall–Kier alpha value is -1.36.